The van der Waals surface area contributed by atoms with Crippen molar-refractivity contribution in [2.24, 2.45) is 11.8 Å². The van der Waals surface area contributed by atoms with Crippen LogP contribution in [-0.4, -0.2) is 22.1 Å². The van der Waals surface area contributed by atoms with E-state index in [2.05, 4.69) is 16.0 Å². The van der Waals surface area contributed by atoms with E-state index in [1.807, 2.05) is 0 Å². The predicted octanol–water partition coefficient (Wildman–Crippen LogP) is 5.60. The van der Waals surface area contributed by atoms with Gasteiger partial charge in [0.15, 0.2) is 5.82 Å². The molecule has 0 bridgehead atoms. The molecule has 1 aliphatic carbocycles. The molecule has 170 valence electrons. The van der Waals surface area contributed by atoms with Crippen LogP contribution in [0, 0.1) is 23.5 Å². The summed E-state index contributed by atoms with van der Waals surface area (Å²) < 4.78 is 27.7. The summed E-state index contributed by atoms with van der Waals surface area (Å²) in [5.74, 6) is -5.05. The molecule has 1 atom stereocenters. The summed E-state index contributed by atoms with van der Waals surface area (Å²) in [6, 6.07) is 6.07. The standard InChI is InChI=1S/C21H18Cl3F2N3O3/c1-9(2)18(30)29-17-14(25)5-6-15(16(17)26)28-19(31)11-7-10(3-4-13(11)22)27-20(32)12-8-21(12,23)24/h3-7,9,12H,8H2,1-2H3,(H,27,32)(H,28,31)(H,29,30)/t12-/m1/s1. The van der Waals surface area contributed by atoms with Crippen LogP contribution in [0.25, 0.3) is 0 Å². The van der Waals surface area contributed by atoms with E-state index in [0.29, 0.717) is 6.42 Å². The summed E-state index contributed by atoms with van der Waals surface area (Å²) >= 11 is 17.9. The van der Waals surface area contributed by atoms with Crippen molar-refractivity contribution in [3.8, 4) is 0 Å². The summed E-state index contributed by atoms with van der Waals surface area (Å²) in [6.45, 7) is 3.13. The molecule has 3 amide bonds. The van der Waals surface area contributed by atoms with Gasteiger partial charge in [0.05, 0.1) is 22.2 Å². The lowest BCUT2D eigenvalue weighted by molar-refractivity contribution is -0.119. The minimum Gasteiger partial charge on any atom is -0.326 e. The van der Waals surface area contributed by atoms with Crippen LogP contribution in [0.15, 0.2) is 30.3 Å². The molecule has 0 aromatic heterocycles. The van der Waals surface area contributed by atoms with E-state index in [-0.39, 0.29) is 22.0 Å². The lowest BCUT2D eigenvalue weighted by Crippen LogP contribution is -2.21. The van der Waals surface area contributed by atoms with Gasteiger partial charge in [-0.25, -0.2) is 8.78 Å². The molecule has 2 aromatic rings. The maximum atomic E-state index is 14.8. The molecular formula is C21H18Cl3F2N3O3. The molecule has 1 aliphatic rings. The zero-order valence-corrected chi connectivity index (χ0v) is 19.1. The molecule has 6 nitrogen and oxygen atoms in total. The number of anilines is 3. The average Bonchev–Trinajstić information content (AvgIpc) is 3.36. The first kappa shape index (κ1) is 24.2. The van der Waals surface area contributed by atoms with Crippen molar-refractivity contribution < 1.29 is 23.2 Å². The fraction of sp³-hybridized carbons (Fsp3) is 0.286. The van der Waals surface area contributed by atoms with Gasteiger partial charge in [0, 0.05) is 11.6 Å². The van der Waals surface area contributed by atoms with Gasteiger partial charge >= 0.3 is 0 Å². The highest BCUT2D eigenvalue weighted by Gasteiger charge is 2.56. The molecule has 11 heteroatoms. The Morgan fingerprint density at radius 3 is 2.31 bits per heavy atom. The van der Waals surface area contributed by atoms with Crippen molar-refractivity contribution in [3.05, 3.63) is 52.6 Å². The van der Waals surface area contributed by atoms with Crippen molar-refractivity contribution in [1.82, 2.24) is 0 Å². The van der Waals surface area contributed by atoms with Crippen LogP contribution >= 0.6 is 34.8 Å². The minimum absolute atomic E-state index is 0.0341. The van der Waals surface area contributed by atoms with Crippen molar-refractivity contribution in [2.75, 3.05) is 16.0 Å². The highest BCUT2D eigenvalue weighted by Crippen LogP contribution is 2.53. The number of carbonyl (C=O) groups is 3. The monoisotopic (exact) mass is 503 g/mol. The number of benzene rings is 2. The first-order valence-electron chi connectivity index (χ1n) is 9.49. The number of hydrogen-bond acceptors (Lipinski definition) is 3. The fourth-order valence-corrected chi connectivity index (χ4v) is 3.44. The summed E-state index contributed by atoms with van der Waals surface area (Å²) in [6.07, 6.45) is 0.308. The number of carbonyl (C=O) groups excluding carboxylic acids is 3. The number of rotatable bonds is 6. The van der Waals surface area contributed by atoms with Crippen LogP contribution in [0.5, 0.6) is 0 Å². The van der Waals surface area contributed by atoms with Crippen molar-refractivity contribution in [2.45, 2.75) is 24.6 Å². The van der Waals surface area contributed by atoms with E-state index in [9.17, 15) is 23.2 Å². The molecule has 3 N–H and O–H groups in total. The number of nitrogens with one attached hydrogen (secondary N) is 3. The third-order valence-electron chi connectivity index (χ3n) is 4.73. The van der Waals surface area contributed by atoms with Crippen molar-refractivity contribution in [1.29, 1.82) is 0 Å². The zero-order valence-electron chi connectivity index (χ0n) is 16.9. The Bertz CT molecular complexity index is 1110. The molecule has 32 heavy (non-hydrogen) atoms. The molecule has 1 saturated carbocycles. The van der Waals surface area contributed by atoms with Crippen LogP contribution in [0.4, 0.5) is 25.8 Å². The number of amides is 3. The normalized spacial score (nSPS) is 16.4. The van der Waals surface area contributed by atoms with E-state index in [1.165, 1.54) is 18.2 Å². The Balaban J connectivity index is 1.80. The topological polar surface area (TPSA) is 87.3 Å². The molecule has 2 aromatic carbocycles. The maximum Gasteiger partial charge on any atom is 0.257 e. The highest BCUT2D eigenvalue weighted by atomic mass is 35.5. The Hall–Kier alpha value is -2.42. The molecule has 1 fully saturated rings. The summed E-state index contributed by atoms with van der Waals surface area (Å²) in [7, 11) is 0. The summed E-state index contributed by atoms with van der Waals surface area (Å²) in [5.41, 5.74) is -0.860. The Labute approximate surface area is 197 Å². The van der Waals surface area contributed by atoms with E-state index in [0.717, 1.165) is 12.1 Å². The Morgan fingerprint density at radius 1 is 1.06 bits per heavy atom. The molecule has 0 unspecified atom stereocenters. The quantitative estimate of drug-likeness (QED) is 0.448. The SMILES string of the molecule is CC(C)C(=O)Nc1c(F)ccc(NC(=O)c2cc(NC(=O)[C@H]3CC3(Cl)Cl)ccc2Cl)c1F. The molecule has 0 heterocycles. The van der Waals surface area contributed by atoms with Gasteiger partial charge in [0.2, 0.25) is 11.8 Å². The molecule has 0 aliphatic heterocycles. The number of alkyl halides is 2. The van der Waals surface area contributed by atoms with Gasteiger partial charge in [0.1, 0.15) is 15.8 Å². The predicted molar refractivity (Wildman–Crippen MR) is 120 cm³/mol. The second kappa shape index (κ2) is 9.21. The second-order valence-corrected chi connectivity index (χ2v) is 9.53. The van der Waals surface area contributed by atoms with Gasteiger partial charge in [-0.3, -0.25) is 14.4 Å². The third kappa shape index (κ3) is 5.31. The van der Waals surface area contributed by atoms with E-state index >= 15 is 0 Å². The summed E-state index contributed by atoms with van der Waals surface area (Å²) in [4.78, 5) is 36.7. The van der Waals surface area contributed by atoms with Gasteiger partial charge < -0.3 is 16.0 Å². The van der Waals surface area contributed by atoms with Crippen molar-refractivity contribution in [3.63, 3.8) is 0 Å². The summed E-state index contributed by atoms with van der Waals surface area (Å²) in [5, 5.41) is 7.08. The van der Waals surface area contributed by atoms with Crippen LogP contribution in [0.1, 0.15) is 30.6 Å². The van der Waals surface area contributed by atoms with Gasteiger partial charge in [-0.15, -0.1) is 23.2 Å². The lowest BCUT2D eigenvalue weighted by atomic mass is 10.1. The maximum absolute atomic E-state index is 14.8. The third-order valence-corrected chi connectivity index (χ3v) is 5.90. The first-order chi connectivity index (χ1) is 14.9. The zero-order chi connectivity index (χ0) is 23.8. The Morgan fingerprint density at radius 2 is 1.72 bits per heavy atom. The molecule has 0 radical (unpaired) electrons. The van der Waals surface area contributed by atoms with Crippen LogP contribution in [-0.2, 0) is 9.59 Å². The minimum atomic E-state index is -1.15. The van der Waals surface area contributed by atoms with Crippen LogP contribution in [0.2, 0.25) is 5.02 Å². The number of halogens is 5. The van der Waals surface area contributed by atoms with Crippen LogP contribution in [0.3, 0.4) is 0 Å². The largest absolute Gasteiger partial charge is 0.326 e. The Kier molecular flexibility index (Phi) is 6.97. The lowest BCUT2D eigenvalue weighted by Gasteiger charge is -2.14. The van der Waals surface area contributed by atoms with Crippen LogP contribution < -0.4 is 16.0 Å². The van der Waals surface area contributed by atoms with Gasteiger partial charge in [0.25, 0.3) is 5.91 Å². The van der Waals surface area contributed by atoms with Gasteiger partial charge in [-0.05, 0) is 36.8 Å². The van der Waals surface area contributed by atoms with Gasteiger partial charge in [-0.1, -0.05) is 25.4 Å². The highest BCUT2D eigenvalue weighted by molar-refractivity contribution is 6.52. The smallest absolute Gasteiger partial charge is 0.257 e. The fourth-order valence-electron chi connectivity index (χ4n) is 2.72. The molecule has 0 spiro atoms. The van der Waals surface area contributed by atoms with Gasteiger partial charge in [-0.2, -0.15) is 0 Å². The first-order valence-corrected chi connectivity index (χ1v) is 10.6. The van der Waals surface area contributed by atoms with Crippen molar-refractivity contribution >= 4 is 69.6 Å². The van der Waals surface area contributed by atoms with E-state index < -0.39 is 51.2 Å². The van der Waals surface area contributed by atoms with E-state index in [1.54, 1.807) is 13.8 Å². The number of hydrogen-bond donors (Lipinski definition) is 3. The van der Waals surface area contributed by atoms with E-state index in [4.69, 9.17) is 34.8 Å². The molecule has 0 saturated heterocycles. The molecular weight excluding hydrogens is 487 g/mol. The molecule has 3 rings (SSSR count). The second-order valence-electron chi connectivity index (χ2n) is 7.58. The average molecular weight is 505 g/mol.